The summed E-state index contributed by atoms with van der Waals surface area (Å²) in [5.41, 5.74) is 3.08. The lowest BCUT2D eigenvalue weighted by molar-refractivity contribution is -0.139. The molecule has 3 heteroatoms. The number of hydrogen-bond donors (Lipinski definition) is 1. The molecule has 2 rings (SSSR count). The molecule has 0 aliphatic rings. The molecule has 1 aromatic carbocycles. The first-order valence-corrected chi connectivity index (χ1v) is 7.09. The van der Waals surface area contributed by atoms with E-state index in [-0.39, 0.29) is 5.97 Å². The Morgan fingerprint density at radius 3 is 2.90 bits per heavy atom. The highest BCUT2D eigenvalue weighted by Crippen LogP contribution is 2.24. The number of benzene rings is 1. The van der Waals surface area contributed by atoms with Crippen molar-refractivity contribution >= 4 is 22.9 Å². The molecule has 1 N–H and O–H groups in total. The highest BCUT2D eigenvalue weighted by Gasteiger charge is 2.13. The van der Waals surface area contributed by atoms with Crippen molar-refractivity contribution in [1.29, 1.82) is 0 Å². The molecule has 1 aromatic heterocycles. The van der Waals surface area contributed by atoms with Gasteiger partial charge in [-0.05, 0) is 24.1 Å². The van der Waals surface area contributed by atoms with Crippen LogP contribution in [0.5, 0.6) is 0 Å². The van der Waals surface area contributed by atoms with Crippen LogP contribution in [0.3, 0.4) is 0 Å². The average Bonchev–Trinajstić information content (AvgIpc) is 2.81. The second-order valence-corrected chi connectivity index (χ2v) is 4.86. The minimum Gasteiger partial charge on any atom is -0.469 e. The molecule has 0 atom stereocenters. The summed E-state index contributed by atoms with van der Waals surface area (Å²) in [5, 5.41) is 1.09. The molecule has 0 fully saturated rings. The SMILES string of the molecule is CCCC/C=C/c1[nH]c2ccccc2c1CC(=O)OC. The van der Waals surface area contributed by atoms with Gasteiger partial charge in [-0.1, -0.05) is 44.0 Å². The van der Waals surface area contributed by atoms with Gasteiger partial charge in [-0.2, -0.15) is 0 Å². The second kappa shape index (κ2) is 6.94. The smallest absolute Gasteiger partial charge is 0.310 e. The van der Waals surface area contributed by atoms with Crippen LogP contribution in [-0.2, 0) is 16.0 Å². The van der Waals surface area contributed by atoms with Gasteiger partial charge in [0.1, 0.15) is 0 Å². The van der Waals surface area contributed by atoms with Crippen LogP contribution in [0.4, 0.5) is 0 Å². The molecule has 0 bridgehead atoms. The van der Waals surface area contributed by atoms with Gasteiger partial charge in [0, 0.05) is 16.6 Å². The molecular weight excluding hydrogens is 250 g/mol. The van der Waals surface area contributed by atoms with E-state index in [1.165, 1.54) is 20.0 Å². The number of para-hydroxylation sites is 1. The second-order valence-electron chi connectivity index (χ2n) is 4.86. The first-order chi connectivity index (χ1) is 9.76. The molecule has 1 heterocycles. The van der Waals surface area contributed by atoms with Gasteiger partial charge >= 0.3 is 5.97 Å². The number of allylic oxidation sites excluding steroid dienone is 1. The Bertz CT molecular complexity index is 610. The third-order valence-electron chi connectivity index (χ3n) is 3.40. The Balaban J connectivity index is 2.33. The summed E-state index contributed by atoms with van der Waals surface area (Å²) in [6.45, 7) is 2.18. The third-order valence-corrected chi connectivity index (χ3v) is 3.40. The molecule has 0 spiro atoms. The van der Waals surface area contributed by atoms with Crippen LogP contribution in [-0.4, -0.2) is 18.1 Å². The first kappa shape index (κ1) is 14.4. The number of methoxy groups -OCH3 is 1. The number of aromatic amines is 1. The summed E-state index contributed by atoms with van der Waals surface area (Å²) in [6, 6.07) is 8.04. The molecule has 3 nitrogen and oxygen atoms in total. The van der Waals surface area contributed by atoms with Crippen LogP contribution < -0.4 is 0 Å². The Morgan fingerprint density at radius 2 is 2.15 bits per heavy atom. The summed E-state index contributed by atoms with van der Waals surface area (Å²) < 4.78 is 4.79. The largest absolute Gasteiger partial charge is 0.469 e. The van der Waals surface area contributed by atoms with Gasteiger partial charge in [-0.15, -0.1) is 0 Å². The fourth-order valence-electron chi connectivity index (χ4n) is 2.29. The van der Waals surface area contributed by atoms with Crippen molar-refractivity contribution in [3.63, 3.8) is 0 Å². The van der Waals surface area contributed by atoms with E-state index in [1.807, 2.05) is 24.3 Å². The van der Waals surface area contributed by atoms with Crippen molar-refractivity contribution in [2.24, 2.45) is 0 Å². The molecule has 0 amide bonds. The number of hydrogen-bond acceptors (Lipinski definition) is 2. The number of carbonyl (C=O) groups excluding carboxylic acids is 1. The molecule has 106 valence electrons. The van der Waals surface area contributed by atoms with Crippen LogP contribution in [0, 0.1) is 0 Å². The van der Waals surface area contributed by atoms with E-state index in [4.69, 9.17) is 4.74 Å². The van der Waals surface area contributed by atoms with Crippen molar-refractivity contribution in [2.45, 2.75) is 32.6 Å². The van der Waals surface area contributed by atoms with Crippen molar-refractivity contribution in [3.05, 3.63) is 41.6 Å². The van der Waals surface area contributed by atoms with E-state index in [0.717, 1.165) is 28.6 Å². The van der Waals surface area contributed by atoms with Gasteiger partial charge in [-0.3, -0.25) is 4.79 Å². The van der Waals surface area contributed by atoms with E-state index >= 15 is 0 Å². The Morgan fingerprint density at radius 1 is 1.35 bits per heavy atom. The number of nitrogens with one attached hydrogen (secondary N) is 1. The van der Waals surface area contributed by atoms with Gasteiger partial charge < -0.3 is 9.72 Å². The molecule has 0 unspecified atom stereocenters. The topological polar surface area (TPSA) is 42.1 Å². The van der Waals surface area contributed by atoms with E-state index in [1.54, 1.807) is 0 Å². The predicted molar refractivity (Wildman–Crippen MR) is 82.6 cm³/mol. The normalized spacial score (nSPS) is 11.3. The molecular formula is C17H21NO2. The van der Waals surface area contributed by atoms with E-state index in [9.17, 15) is 4.79 Å². The maximum absolute atomic E-state index is 11.6. The molecule has 20 heavy (non-hydrogen) atoms. The van der Waals surface area contributed by atoms with Crippen LogP contribution in [0.15, 0.2) is 30.3 Å². The quantitative estimate of drug-likeness (QED) is 0.635. The lowest BCUT2D eigenvalue weighted by Crippen LogP contribution is -2.05. The Hall–Kier alpha value is -2.03. The standard InChI is InChI=1S/C17H21NO2/c1-3-4-5-6-10-16-14(12-17(19)20-2)13-9-7-8-11-15(13)18-16/h6-11,18H,3-5,12H2,1-2H3/b10-6+. The third kappa shape index (κ3) is 3.29. The number of H-pyrrole nitrogens is 1. The monoisotopic (exact) mass is 271 g/mol. The van der Waals surface area contributed by atoms with Gasteiger partial charge in [0.05, 0.1) is 13.5 Å². The fraction of sp³-hybridized carbons (Fsp3) is 0.353. The molecule has 0 saturated heterocycles. The van der Waals surface area contributed by atoms with Gasteiger partial charge in [0.15, 0.2) is 0 Å². The van der Waals surface area contributed by atoms with Crippen LogP contribution in [0.25, 0.3) is 17.0 Å². The maximum atomic E-state index is 11.6. The van der Waals surface area contributed by atoms with Crippen LogP contribution in [0.2, 0.25) is 0 Å². The predicted octanol–water partition coefficient (Wildman–Crippen LogP) is 4.09. The van der Waals surface area contributed by atoms with Crippen molar-refractivity contribution in [2.75, 3.05) is 7.11 Å². The number of fused-ring (bicyclic) bond motifs is 1. The van der Waals surface area contributed by atoms with Crippen LogP contribution >= 0.6 is 0 Å². The zero-order valence-electron chi connectivity index (χ0n) is 12.1. The maximum Gasteiger partial charge on any atom is 0.310 e. The summed E-state index contributed by atoms with van der Waals surface area (Å²) in [6.07, 6.45) is 7.97. The van der Waals surface area contributed by atoms with Gasteiger partial charge in [-0.25, -0.2) is 0 Å². The summed E-state index contributed by atoms with van der Waals surface area (Å²) in [4.78, 5) is 15.0. The highest BCUT2D eigenvalue weighted by atomic mass is 16.5. The number of unbranched alkanes of at least 4 members (excludes halogenated alkanes) is 2. The van der Waals surface area contributed by atoms with Crippen molar-refractivity contribution in [3.8, 4) is 0 Å². The van der Waals surface area contributed by atoms with Crippen molar-refractivity contribution < 1.29 is 9.53 Å². The zero-order valence-corrected chi connectivity index (χ0v) is 12.1. The first-order valence-electron chi connectivity index (χ1n) is 7.09. The minimum absolute atomic E-state index is 0.210. The molecule has 0 aliphatic heterocycles. The molecule has 0 aliphatic carbocycles. The molecule has 0 saturated carbocycles. The Kier molecular flexibility index (Phi) is 4.99. The highest BCUT2D eigenvalue weighted by molar-refractivity contribution is 5.90. The molecule has 2 aromatic rings. The summed E-state index contributed by atoms with van der Waals surface area (Å²) in [7, 11) is 1.42. The molecule has 0 radical (unpaired) electrons. The van der Waals surface area contributed by atoms with Gasteiger partial charge in [0.2, 0.25) is 0 Å². The van der Waals surface area contributed by atoms with Crippen LogP contribution in [0.1, 0.15) is 37.4 Å². The van der Waals surface area contributed by atoms with E-state index < -0.39 is 0 Å². The lowest BCUT2D eigenvalue weighted by Gasteiger charge is -2.00. The van der Waals surface area contributed by atoms with E-state index in [0.29, 0.717) is 6.42 Å². The fourth-order valence-corrected chi connectivity index (χ4v) is 2.29. The lowest BCUT2D eigenvalue weighted by atomic mass is 10.1. The Labute approximate surface area is 119 Å². The van der Waals surface area contributed by atoms with Gasteiger partial charge in [0.25, 0.3) is 0 Å². The number of carbonyl (C=O) groups is 1. The summed E-state index contributed by atoms with van der Waals surface area (Å²) >= 11 is 0. The van der Waals surface area contributed by atoms with Crippen molar-refractivity contribution in [1.82, 2.24) is 4.98 Å². The number of esters is 1. The minimum atomic E-state index is -0.210. The van der Waals surface area contributed by atoms with E-state index in [2.05, 4.69) is 24.1 Å². The number of ether oxygens (including phenoxy) is 1. The number of aromatic nitrogens is 1. The number of rotatable bonds is 6. The average molecular weight is 271 g/mol. The summed E-state index contributed by atoms with van der Waals surface area (Å²) in [5.74, 6) is -0.210. The zero-order chi connectivity index (χ0) is 14.4.